The van der Waals surface area contributed by atoms with Gasteiger partial charge in [0.15, 0.2) is 0 Å². The fraction of sp³-hybridized carbons (Fsp3) is 0.800. The Morgan fingerprint density at radius 1 is 1.47 bits per heavy atom. The second kappa shape index (κ2) is 6.82. The number of hydrogen-bond acceptors (Lipinski definition) is 4. The maximum Gasteiger partial charge on any atom is 0.109 e. The molecule has 1 aromatic rings. The van der Waals surface area contributed by atoms with E-state index in [4.69, 9.17) is 0 Å². The second-order valence-electron chi connectivity index (χ2n) is 5.91. The van der Waals surface area contributed by atoms with Crippen LogP contribution in [0, 0.1) is 12.3 Å². The summed E-state index contributed by atoms with van der Waals surface area (Å²) in [6.45, 7) is 10.1. The fourth-order valence-corrected chi connectivity index (χ4v) is 3.83. The van der Waals surface area contributed by atoms with Crippen LogP contribution in [0.4, 0.5) is 0 Å². The predicted octanol–water partition coefficient (Wildman–Crippen LogP) is 3.27. The summed E-state index contributed by atoms with van der Waals surface area (Å²) in [6, 6.07) is 0.377. The van der Waals surface area contributed by atoms with Gasteiger partial charge in [-0.2, -0.15) is 0 Å². The summed E-state index contributed by atoms with van der Waals surface area (Å²) in [4.78, 5) is 5.79. The standard InChI is InChI=1S/C15H27N3S/c1-4-5-15(6-8-16-9-7-15)11-18-13(3)14-17-10-12(2)19-14/h10,13,16,18H,4-9,11H2,1-3H3. The molecule has 0 spiro atoms. The van der Waals surface area contributed by atoms with E-state index in [2.05, 4.69) is 36.4 Å². The van der Waals surface area contributed by atoms with Crippen LogP contribution in [0.2, 0.25) is 0 Å². The van der Waals surface area contributed by atoms with Crippen LogP contribution in [0.3, 0.4) is 0 Å². The maximum absolute atomic E-state index is 4.49. The first-order valence-electron chi connectivity index (χ1n) is 7.52. The zero-order chi connectivity index (χ0) is 13.7. The largest absolute Gasteiger partial charge is 0.317 e. The molecule has 108 valence electrons. The van der Waals surface area contributed by atoms with E-state index < -0.39 is 0 Å². The molecular weight excluding hydrogens is 254 g/mol. The highest BCUT2D eigenvalue weighted by atomic mass is 32.1. The Morgan fingerprint density at radius 3 is 2.79 bits per heavy atom. The molecule has 0 radical (unpaired) electrons. The molecule has 19 heavy (non-hydrogen) atoms. The first-order chi connectivity index (χ1) is 9.15. The third kappa shape index (κ3) is 4.01. The number of aromatic nitrogens is 1. The van der Waals surface area contributed by atoms with Crippen molar-refractivity contribution in [1.82, 2.24) is 15.6 Å². The highest BCUT2D eigenvalue weighted by Crippen LogP contribution is 2.34. The summed E-state index contributed by atoms with van der Waals surface area (Å²) in [5, 5.41) is 8.43. The van der Waals surface area contributed by atoms with E-state index in [0.717, 1.165) is 6.54 Å². The van der Waals surface area contributed by atoms with Gasteiger partial charge in [-0.05, 0) is 51.6 Å². The third-order valence-electron chi connectivity index (χ3n) is 4.24. The zero-order valence-corrected chi connectivity index (χ0v) is 13.3. The normalized spacial score (nSPS) is 20.4. The van der Waals surface area contributed by atoms with Gasteiger partial charge in [0.1, 0.15) is 5.01 Å². The smallest absolute Gasteiger partial charge is 0.109 e. The lowest BCUT2D eigenvalue weighted by Crippen LogP contribution is -2.43. The molecule has 0 aliphatic carbocycles. The summed E-state index contributed by atoms with van der Waals surface area (Å²) in [5.41, 5.74) is 0.501. The summed E-state index contributed by atoms with van der Waals surface area (Å²) < 4.78 is 0. The molecule has 0 bridgehead atoms. The third-order valence-corrected chi connectivity index (χ3v) is 5.33. The van der Waals surface area contributed by atoms with E-state index in [0.29, 0.717) is 11.5 Å². The van der Waals surface area contributed by atoms with Crippen LogP contribution in [0.25, 0.3) is 0 Å². The van der Waals surface area contributed by atoms with Crippen molar-refractivity contribution >= 4 is 11.3 Å². The van der Waals surface area contributed by atoms with Crippen LogP contribution in [0.1, 0.15) is 55.5 Å². The Kier molecular flexibility index (Phi) is 5.37. The van der Waals surface area contributed by atoms with E-state index in [1.807, 2.05) is 17.5 Å². The quantitative estimate of drug-likeness (QED) is 0.840. The van der Waals surface area contributed by atoms with Crippen LogP contribution in [0.15, 0.2) is 6.20 Å². The molecule has 1 atom stereocenters. The predicted molar refractivity (Wildman–Crippen MR) is 82.7 cm³/mol. The maximum atomic E-state index is 4.49. The first-order valence-corrected chi connectivity index (χ1v) is 8.33. The van der Waals surface area contributed by atoms with Crippen molar-refractivity contribution in [3.63, 3.8) is 0 Å². The average Bonchev–Trinajstić information content (AvgIpc) is 2.84. The van der Waals surface area contributed by atoms with Crippen molar-refractivity contribution in [2.45, 2.75) is 52.5 Å². The molecule has 1 fully saturated rings. The first kappa shape index (κ1) is 14.9. The average molecular weight is 281 g/mol. The van der Waals surface area contributed by atoms with Crippen LogP contribution in [-0.4, -0.2) is 24.6 Å². The number of rotatable bonds is 6. The molecule has 0 saturated carbocycles. The lowest BCUT2D eigenvalue weighted by molar-refractivity contribution is 0.171. The molecule has 1 aromatic heterocycles. The molecule has 0 amide bonds. The number of hydrogen-bond donors (Lipinski definition) is 2. The number of nitrogens with zero attached hydrogens (tertiary/aromatic N) is 1. The van der Waals surface area contributed by atoms with Crippen LogP contribution >= 0.6 is 11.3 Å². The second-order valence-corrected chi connectivity index (χ2v) is 7.18. The minimum atomic E-state index is 0.377. The van der Waals surface area contributed by atoms with Crippen LogP contribution in [0.5, 0.6) is 0 Å². The molecule has 1 aliphatic rings. The summed E-state index contributed by atoms with van der Waals surface area (Å²) >= 11 is 1.81. The van der Waals surface area contributed by atoms with Crippen molar-refractivity contribution in [2.75, 3.05) is 19.6 Å². The number of aryl methyl sites for hydroxylation is 1. The molecule has 1 aliphatic heterocycles. The molecule has 3 nitrogen and oxygen atoms in total. The van der Waals surface area contributed by atoms with Crippen molar-refractivity contribution < 1.29 is 0 Å². The highest BCUT2D eigenvalue weighted by molar-refractivity contribution is 7.11. The topological polar surface area (TPSA) is 37.0 Å². The van der Waals surface area contributed by atoms with Crippen LogP contribution < -0.4 is 10.6 Å². The van der Waals surface area contributed by atoms with Gasteiger partial charge in [0, 0.05) is 17.6 Å². The van der Waals surface area contributed by atoms with Gasteiger partial charge in [-0.15, -0.1) is 11.3 Å². The van der Waals surface area contributed by atoms with Crippen LogP contribution in [-0.2, 0) is 0 Å². The van der Waals surface area contributed by atoms with E-state index in [-0.39, 0.29) is 0 Å². The van der Waals surface area contributed by atoms with Gasteiger partial charge < -0.3 is 10.6 Å². The van der Waals surface area contributed by atoms with Gasteiger partial charge in [0.25, 0.3) is 0 Å². The molecule has 1 saturated heterocycles. The van der Waals surface area contributed by atoms with Gasteiger partial charge in [-0.25, -0.2) is 4.98 Å². The number of nitrogens with one attached hydrogen (secondary N) is 2. The van der Waals surface area contributed by atoms with E-state index in [9.17, 15) is 0 Å². The van der Waals surface area contributed by atoms with Gasteiger partial charge >= 0.3 is 0 Å². The van der Waals surface area contributed by atoms with Crippen molar-refractivity contribution in [3.8, 4) is 0 Å². The number of thiazole rings is 1. The Labute approximate surface area is 121 Å². The lowest BCUT2D eigenvalue weighted by atomic mass is 9.75. The molecule has 2 heterocycles. The molecule has 0 aromatic carbocycles. The Morgan fingerprint density at radius 2 is 2.21 bits per heavy atom. The van der Waals surface area contributed by atoms with Gasteiger partial charge in [0.05, 0.1) is 6.04 Å². The molecule has 1 unspecified atom stereocenters. The lowest BCUT2D eigenvalue weighted by Gasteiger charge is -2.38. The van der Waals surface area contributed by atoms with Gasteiger partial charge in [-0.3, -0.25) is 0 Å². The van der Waals surface area contributed by atoms with Gasteiger partial charge in [0.2, 0.25) is 0 Å². The summed E-state index contributed by atoms with van der Waals surface area (Å²) in [7, 11) is 0. The van der Waals surface area contributed by atoms with E-state index in [1.165, 1.54) is 48.7 Å². The fourth-order valence-electron chi connectivity index (χ4n) is 3.03. The monoisotopic (exact) mass is 281 g/mol. The molecule has 2 rings (SSSR count). The van der Waals surface area contributed by atoms with Crippen molar-refractivity contribution in [3.05, 3.63) is 16.1 Å². The molecule has 2 N–H and O–H groups in total. The van der Waals surface area contributed by atoms with Gasteiger partial charge in [-0.1, -0.05) is 13.3 Å². The Bertz CT molecular complexity index is 377. The Balaban J connectivity index is 1.91. The van der Waals surface area contributed by atoms with Crippen molar-refractivity contribution in [2.24, 2.45) is 5.41 Å². The molecule has 4 heteroatoms. The minimum absolute atomic E-state index is 0.377. The van der Waals surface area contributed by atoms with E-state index >= 15 is 0 Å². The SMILES string of the molecule is CCCC1(CNC(C)c2ncc(C)s2)CCNCC1. The highest BCUT2D eigenvalue weighted by Gasteiger charge is 2.31. The van der Waals surface area contributed by atoms with Crippen molar-refractivity contribution in [1.29, 1.82) is 0 Å². The zero-order valence-electron chi connectivity index (χ0n) is 12.5. The molecular formula is C15H27N3S. The minimum Gasteiger partial charge on any atom is -0.317 e. The number of piperidine rings is 1. The summed E-state index contributed by atoms with van der Waals surface area (Å²) in [6.07, 6.45) is 7.21. The summed E-state index contributed by atoms with van der Waals surface area (Å²) in [5.74, 6) is 0. The Hall–Kier alpha value is -0.450. The van der Waals surface area contributed by atoms with E-state index in [1.54, 1.807) is 0 Å².